The maximum Gasteiger partial charge on any atom is 0.121 e. The van der Waals surface area contributed by atoms with Crippen molar-refractivity contribution in [1.29, 1.82) is 5.26 Å². The molecule has 0 spiro atoms. The van der Waals surface area contributed by atoms with E-state index in [0.29, 0.717) is 19.1 Å². The molecule has 0 amide bonds. The van der Waals surface area contributed by atoms with Gasteiger partial charge in [-0.3, -0.25) is 10.3 Å². The van der Waals surface area contributed by atoms with Crippen LogP contribution in [0.4, 0.5) is 0 Å². The molecule has 4 heteroatoms. The zero-order chi connectivity index (χ0) is 14.7. The van der Waals surface area contributed by atoms with E-state index in [2.05, 4.69) is 16.4 Å². The zero-order valence-electron chi connectivity index (χ0n) is 12.2. The van der Waals surface area contributed by atoms with E-state index in [0.717, 1.165) is 16.7 Å². The highest BCUT2D eigenvalue weighted by atomic mass is 16.5. The maximum atomic E-state index is 9.32. The third kappa shape index (κ3) is 3.50. The second kappa shape index (κ2) is 5.71. The standard InChI is InChI=1S/C17H19N3O/c1-17(12-18,20-14-5-6-14)8-10-21-15-7-4-13-3-2-9-19-16(13)11-15/h2-4,7,9,11,14,20H,5-6,8,10H2,1H3. The fraction of sp³-hybridized carbons (Fsp3) is 0.412. The molecule has 108 valence electrons. The molecular weight excluding hydrogens is 262 g/mol. The molecule has 1 heterocycles. The molecule has 2 aromatic rings. The third-order valence-electron chi connectivity index (χ3n) is 3.79. The van der Waals surface area contributed by atoms with Gasteiger partial charge in [-0.1, -0.05) is 6.07 Å². The van der Waals surface area contributed by atoms with E-state index in [9.17, 15) is 5.26 Å². The quantitative estimate of drug-likeness (QED) is 0.884. The number of rotatable bonds is 6. The van der Waals surface area contributed by atoms with Gasteiger partial charge in [-0.05, 0) is 38.0 Å². The Morgan fingerprint density at radius 2 is 2.29 bits per heavy atom. The number of nitrogens with zero attached hydrogens (tertiary/aromatic N) is 2. The fourth-order valence-corrected chi connectivity index (χ4v) is 2.35. The van der Waals surface area contributed by atoms with Gasteiger partial charge >= 0.3 is 0 Å². The average molecular weight is 281 g/mol. The van der Waals surface area contributed by atoms with Crippen LogP contribution in [-0.2, 0) is 0 Å². The van der Waals surface area contributed by atoms with Crippen LogP contribution >= 0.6 is 0 Å². The predicted molar refractivity (Wildman–Crippen MR) is 82.0 cm³/mol. The highest BCUT2D eigenvalue weighted by Gasteiger charge is 2.32. The summed E-state index contributed by atoms with van der Waals surface area (Å²) in [6.45, 7) is 2.46. The van der Waals surface area contributed by atoms with Gasteiger partial charge < -0.3 is 4.74 Å². The summed E-state index contributed by atoms with van der Waals surface area (Å²) in [6, 6.07) is 12.7. The lowest BCUT2D eigenvalue weighted by Crippen LogP contribution is -2.43. The number of nitrogens with one attached hydrogen (secondary N) is 1. The molecule has 1 N–H and O–H groups in total. The van der Waals surface area contributed by atoms with Crippen LogP contribution in [0.5, 0.6) is 5.75 Å². The summed E-state index contributed by atoms with van der Waals surface area (Å²) < 4.78 is 5.78. The van der Waals surface area contributed by atoms with Crippen LogP contribution < -0.4 is 10.1 Å². The van der Waals surface area contributed by atoms with Crippen molar-refractivity contribution in [1.82, 2.24) is 10.3 Å². The molecular formula is C17H19N3O. The highest BCUT2D eigenvalue weighted by Crippen LogP contribution is 2.24. The molecule has 1 atom stereocenters. The van der Waals surface area contributed by atoms with Gasteiger partial charge in [0, 0.05) is 30.1 Å². The monoisotopic (exact) mass is 281 g/mol. The van der Waals surface area contributed by atoms with Gasteiger partial charge in [0.15, 0.2) is 0 Å². The summed E-state index contributed by atoms with van der Waals surface area (Å²) in [5.74, 6) is 0.799. The molecule has 1 fully saturated rings. The molecule has 1 unspecified atom stereocenters. The Labute approximate surface area is 124 Å². The summed E-state index contributed by atoms with van der Waals surface area (Å²) in [5.41, 5.74) is 0.421. The van der Waals surface area contributed by atoms with Crippen LogP contribution in [0, 0.1) is 11.3 Å². The van der Waals surface area contributed by atoms with Crippen LogP contribution in [0.1, 0.15) is 26.2 Å². The first kappa shape index (κ1) is 13.8. The Morgan fingerprint density at radius 1 is 1.43 bits per heavy atom. The van der Waals surface area contributed by atoms with Crippen molar-refractivity contribution in [3.8, 4) is 11.8 Å². The Balaban J connectivity index is 1.59. The van der Waals surface area contributed by atoms with Crippen LogP contribution in [-0.4, -0.2) is 23.2 Å². The molecule has 0 bridgehead atoms. The number of nitriles is 1. The summed E-state index contributed by atoms with van der Waals surface area (Å²) in [6.07, 6.45) is 4.79. The topological polar surface area (TPSA) is 57.9 Å². The molecule has 1 aliphatic rings. The molecule has 0 saturated heterocycles. The summed E-state index contributed by atoms with van der Waals surface area (Å²) in [7, 11) is 0. The van der Waals surface area contributed by atoms with E-state index in [4.69, 9.17) is 4.74 Å². The second-order valence-corrected chi connectivity index (χ2v) is 5.82. The van der Waals surface area contributed by atoms with Crippen molar-refractivity contribution in [2.24, 2.45) is 0 Å². The maximum absolute atomic E-state index is 9.32. The fourth-order valence-electron chi connectivity index (χ4n) is 2.35. The minimum atomic E-state index is -0.504. The van der Waals surface area contributed by atoms with E-state index < -0.39 is 5.54 Å². The summed E-state index contributed by atoms with van der Waals surface area (Å²) >= 11 is 0. The SMILES string of the molecule is CC(C#N)(CCOc1ccc2cccnc2c1)NC1CC1. The van der Waals surface area contributed by atoms with Gasteiger partial charge in [-0.15, -0.1) is 0 Å². The number of benzene rings is 1. The first-order valence-corrected chi connectivity index (χ1v) is 7.35. The molecule has 0 radical (unpaired) electrons. The van der Waals surface area contributed by atoms with Gasteiger partial charge in [0.1, 0.15) is 11.3 Å². The number of fused-ring (bicyclic) bond motifs is 1. The van der Waals surface area contributed by atoms with Gasteiger partial charge in [0.05, 0.1) is 18.2 Å². The third-order valence-corrected chi connectivity index (χ3v) is 3.79. The minimum absolute atomic E-state index is 0.504. The van der Waals surface area contributed by atoms with E-state index >= 15 is 0 Å². The van der Waals surface area contributed by atoms with Crippen molar-refractivity contribution in [3.63, 3.8) is 0 Å². The molecule has 3 rings (SSSR count). The Bertz CT molecular complexity index is 675. The van der Waals surface area contributed by atoms with Gasteiger partial charge in [0.25, 0.3) is 0 Å². The lowest BCUT2D eigenvalue weighted by atomic mass is 10.0. The lowest BCUT2D eigenvalue weighted by Gasteiger charge is -2.23. The number of ether oxygens (including phenoxy) is 1. The molecule has 1 saturated carbocycles. The van der Waals surface area contributed by atoms with Crippen molar-refractivity contribution >= 4 is 10.9 Å². The molecule has 1 aromatic carbocycles. The molecule has 21 heavy (non-hydrogen) atoms. The lowest BCUT2D eigenvalue weighted by molar-refractivity contribution is 0.266. The highest BCUT2D eigenvalue weighted by molar-refractivity contribution is 5.79. The largest absolute Gasteiger partial charge is 0.493 e. The first-order valence-electron chi connectivity index (χ1n) is 7.35. The van der Waals surface area contributed by atoms with Crippen LogP contribution in [0.15, 0.2) is 36.5 Å². The van der Waals surface area contributed by atoms with Crippen molar-refractivity contribution in [3.05, 3.63) is 36.5 Å². The smallest absolute Gasteiger partial charge is 0.121 e. The Hall–Kier alpha value is -2.12. The summed E-state index contributed by atoms with van der Waals surface area (Å²) in [4.78, 5) is 4.32. The summed E-state index contributed by atoms with van der Waals surface area (Å²) in [5, 5.41) is 13.8. The predicted octanol–water partition coefficient (Wildman–Crippen LogP) is 3.04. The van der Waals surface area contributed by atoms with Crippen molar-refractivity contribution < 1.29 is 4.74 Å². The van der Waals surface area contributed by atoms with Crippen LogP contribution in [0.3, 0.4) is 0 Å². The average Bonchev–Trinajstić information content (AvgIpc) is 3.31. The van der Waals surface area contributed by atoms with E-state index in [-0.39, 0.29) is 0 Å². The number of aromatic nitrogens is 1. The van der Waals surface area contributed by atoms with Crippen molar-refractivity contribution in [2.75, 3.05) is 6.61 Å². The molecule has 1 aromatic heterocycles. The normalized spacial score (nSPS) is 17.1. The van der Waals surface area contributed by atoms with E-state index in [1.54, 1.807) is 6.20 Å². The number of hydrogen-bond acceptors (Lipinski definition) is 4. The Kier molecular flexibility index (Phi) is 3.76. The van der Waals surface area contributed by atoms with Crippen molar-refractivity contribution in [2.45, 2.75) is 37.8 Å². The van der Waals surface area contributed by atoms with Gasteiger partial charge in [0.2, 0.25) is 0 Å². The molecule has 0 aliphatic heterocycles. The van der Waals surface area contributed by atoms with Gasteiger partial charge in [-0.25, -0.2) is 0 Å². The number of pyridine rings is 1. The number of hydrogen-bond donors (Lipinski definition) is 1. The second-order valence-electron chi connectivity index (χ2n) is 5.82. The first-order chi connectivity index (χ1) is 10.2. The van der Waals surface area contributed by atoms with E-state index in [1.807, 2.05) is 37.3 Å². The van der Waals surface area contributed by atoms with Crippen LogP contribution in [0.2, 0.25) is 0 Å². The van der Waals surface area contributed by atoms with E-state index in [1.165, 1.54) is 12.8 Å². The van der Waals surface area contributed by atoms with Crippen LogP contribution in [0.25, 0.3) is 10.9 Å². The minimum Gasteiger partial charge on any atom is -0.493 e. The molecule has 4 nitrogen and oxygen atoms in total. The van der Waals surface area contributed by atoms with Gasteiger partial charge in [-0.2, -0.15) is 5.26 Å². The molecule has 1 aliphatic carbocycles. The zero-order valence-corrected chi connectivity index (χ0v) is 12.2. The Morgan fingerprint density at radius 3 is 3.05 bits per heavy atom.